The molecule has 3 N–H and O–H groups in total. The quantitative estimate of drug-likeness (QED) is 0.591. The van der Waals surface area contributed by atoms with Gasteiger partial charge < -0.3 is 15.1 Å². The van der Waals surface area contributed by atoms with Crippen LogP contribution < -0.4 is 10.2 Å². The highest BCUT2D eigenvalue weighted by molar-refractivity contribution is 5.73. The van der Waals surface area contributed by atoms with Crippen LogP contribution in [0.2, 0.25) is 0 Å². The molecule has 94 valence electrons. The molecular weight excluding hydrogens is 224 g/mol. The molecule has 0 aliphatic heterocycles. The lowest BCUT2D eigenvalue weighted by Crippen LogP contribution is -2.39. The molecule has 0 radical (unpaired) electrons. The first-order valence-corrected chi connectivity index (χ1v) is 5.10. The van der Waals surface area contributed by atoms with E-state index in [1.807, 2.05) is 14.1 Å². The van der Waals surface area contributed by atoms with E-state index < -0.39 is 18.6 Å². The first kappa shape index (κ1) is 13.3. The Morgan fingerprint density at radius 2 is 2.06 bits per heavy atom. The third-order valence-electron chi connectivity index (χ3n) is 2.12. The summed E-state index contributed by atoms with van der Waals surface area (Å²) in [5.74, 6) is -0.496. The highest BCUT2D eigenvalue weighted by Crippen LogP contribution is 2.02. The Hall–Kier alpha value is -1.73. The van der Waals surface area contributed by atoms with E-state index in [1.165, 1.54) is 0 Å². The summed E-state index contributed by atoms with van der Waals surface area (Å²) in [4.78, 5) is 20.6. The zero-order valence-corrected chi connectivity index (χ0v) is 9.79. The number of carbonyl (C=O) groups is 1. The minimum atomic E-state index is -1.08. The van der Waals surface area contributed by atoms with Crippen molar-refractivity contribution in [3.05, 3.63) is 18.0 Å². The van der Waals surface area contributed by atoms with E-state index in [9.17, 15) is 4.79 Å². The maximum absolute atomic E-state index is 10.6. The monoisotopic (exact) mass is 240 g/mol. The van der Waals surface area contributed by atoms with Crippen LogP contribution in [0.1, 0.15) is 5.56 Å². The fraction of sp³-hybridized carbons (Fsp3) is 0.500. The smallest absolute Gasteiger partial charge is 0.323 e. The van der Waals surface area contributed by atoms with Crippen molar-refractivity contribution in [3.8, 4) is 0 Å². The number of nitrogens with zero attached hydrogens (tertiary/aromatic N) is 3. The molecule has 0 aliphatic carbocycles. The molecule has 7 heteroatoms. The van der Waals surface area contributed by atoms with Crippen LogP contribution in [0, 0.1) is 0 Å². The molecular formula is C10H16N4O3. The maximum atomic E-state index is 10.6. The largest absolute Gasteiger partial charge is 0.480 e. The molecule has 0 fully saturated rings. The Morgan fingerprint density at radius 1 is 1.47 bits per heavy atom. The first-order valence-electron chi connectivity index (χ1n) is 5.10. The van der Waals surface area contributed by atoms with Gasteiger partial charge in [-0.1, -0.05) is 0 Å². The van der Waals surface area contributed by atoms with Gasteiger partial charge in [0.2, 0.25) is 5.95 Å². The van der Waals surface area contributed by atoms with Crippen LogP contribution in [0.15, 0.2) is 12.4 Å². The van der Waals surface area contributed by atoms with E-state index in [-0.39, 0.29) is 0 Å². The Bertz CT molecular complexity index is 366. The molecule has 1 rings (SSSR count). The number of anilines is 1. The van der Waals surface area contributed by atoms with Gasteiger partial charge in [-0.2, -0.15) is 0 Å². The SMILES string of the molecule is CN(C)c1ncc(CN[C@@H](CO)C(=O)O)cn1. The van der Waals surface area contributed by atoms with Gasteiger partial charge in [0.1, 0.15) is 6.04 Å². The van der Waals surface area contributed by atoms with Gasteiger partial charge >= 0.3 is 5.97 Å². The lowest BCUT2D eigenvalue weighted by atomic mass is 10.3. The van der Waals surface area contributed by atoms with Crippen LogP contribution in [0.25, 0.3) is 0 Å². The molecule has 1 aromatic heterocycles. The third-order valence-corrected chi connectivity index (χ3v) is 2.12. The fourth-order valence-corrected chi connectivity index (χ4v) is 1.14. The molecule has 0 aromatic carbocycles. The van der Waals surface area contributed by atoms with Gasteiger partial charge in [0.05, 0.1) is 6.61 Å². The fourth-order valence-electron chi connectivity index (χ4n) is 1.14. The average Bonchev–Trinajstić information content (AvgIpc) is 2.30. The zero-order chi connectivity index (χ0) is 12.8. The van der Waals surface area contributed by atoms with E-state index in [0.29, 0.717) is 12.5 Å². The Kier molecular flexibility index (Phi) is 4.80. The standard InChI is InChI=1S/C10H16N4O3/c1-14(2)10-12-4-7(5-13-10)3-11-8(6-15)9(16)17/h4-5,8,11,15H,3,6H2,1-2H3,(H,16,17)/t8-/m0/s1. The summed E-state index contributed by atoms with van der Waals surface area (Å²) in [5.41, 5.74) is 0.760. The summed E-state index contributed by atoms with van der Waals surface area (Å²) in [6, 6.07) is -0.969. The van der Waals surface area contributed by atoms with Crippen molar-refractivity contribution in [2.45, 2.75) is 12.6 Å². The molecule has 1 atom stereocenters. The lowest BCUT2D eigenvalue weighted by molar-refractivity contribution is -0.140. The van der Waals surface area contributed by atoms with Gasteiger partial charge in [-0.15, -0.1) is 0 Å². The molecule has 7 nitrogen and oxygen atoms in total. The van der Waals surface area contributed by atoms with Crippen molar-refractivity contribution in [1.29, 1.82) is 0 Å². The van der Waals surface area contributed by atoms with Gasteiger partial charge in [-0.05, 0) is 0 Å². The van der Waals surface area contributed by atoms with Crippen LogP contribution >= 0.6 is 0 Å². The molecule has 1 heterocycles. The minimum absolute atomic E-state index is 0.297. The number of aliphatic hydroxyl groups excluding tert-OH is 1. The van der Waals surface area contributed by atoms with E-state index in [0.717, 1.165) is 5.56 Å². The van der Waals surface area contributed by atoms with Gasteiger partial charge in [0.25, 0.3) is 0 Å². The Labute approximate surface area is 99.1 Å². The van der Waals surface area contributed by atoms with Crippen molar-refractivity contribution >= 4 is 11.9 Å². The molecule has 0 amide bonds. The van der Waals surface area contributed by atoms with Crippen LogP contribution in [-0.4, -0.2) is 52.9 Å². The average molecular weight is 240 g/mol. The zero-order valence-electron chi connectivity index (χ0n) is 9.79. The predicted molar refractivity (Wildman–Crippen MR) is 61.7 cm³/mol. The van der Waals surface area contributed by atoms with E-state index in [2.05, 4.69) is 15.3 Å². The summed E-state index contributed by atoms with van der Waals surface area (Å²) >= 11 is 0. The number of hydrogen-bond acceptors (Lipinski definition) is 6. The highest BCUT2D eigenvalue weighted by Gasteiger charge is 2.14. The van der Waals surface area contributed by atoms with Crippen LogP contribution in [-0.2, 0) is 11.3 Å². The van der Waals surface area contributed by atoms with Crippen molar-refractivity contribution in [2.75, 3.05) is 25.6 Å². The highest BCUT2D eigenvalue weighted by atomic mass is 16.4. The van der Waals surface area contributed by atoms with Crippen molar-refractivity contribution < 1.29 is 15.0 Å². The molecule has 17 heavy (non-hydrogen) atoms. The van der Waals surface area contributed by atoms with Crippen LogP contribution in [0.5, 0.6) is 0 Å². The maximum Gasteiger partial charge on any atom is 0.323 e. The number of hydrogen-bond donors (Lipinski definition) is 3. The second-order valence-electron chi connectivity index (χ2n) is 3.74. The number of carboxylic acids is 1. The van der Waals surface area contributed by atoms with Gasteiger partial charge in [-0.25, -0.2) is 9.97 Å². The van der Waals surface area contributed by atoms with Gasteiger partial charge in [0.15, 0.2) is 0 Å². The van der Waals surface area contributed by atoms with E-state index in [4.69, 9.17) is 10.2 Å². The minimum Gasteiger partial charge on any atom is -0.480 e. The van der Waals surface area contributed by atoms with Crippen molar-refractivity contribution in [1.82, 2.24) is 15.3 Å². The summed E-state index contributed by atoms with van der Waals surface area (Å²) in [6.07, 6.45) is 3.23. The number of rotatable bonds is 6. The summed E-state index contributed by atoms with van der Waals surface area (Å²) < 4.78 is 0. The number of aliphatic hydroxyl groups is 1. The molecule has 0 aliphatic rings. The predicted octanol–water partition coefficient (Wildman–Crippen LogP) is -0.922. The van der Waals surface area contributed by atoms with Crippen molar-refractivity contribution in [2.24, 2.45) is 0 Å². The molecule has 0 saturated heterocycles. The van der Waals surface area contributed by atoms with E-state index >= 15 is 0 Å². The van der Waals surface area contributed by atoms with Crippen LogP contribution in [0.3, 0.4) is 0 Å². The molecule has 0 saturated carbocycles. The molecule has 1 aromatic rings. The molecule has 0 bridgehead atoms. The molecule has 0 spiro atoms. The summed E-state index contributed by atoms with van der Waals surface area (Å²) in [7, 11) is 3.67. The summed E-state index contributed by atoms with van der Waals surface area (Å²) in [5, 5.41) is 20.2. The van der Waals surface area contributed by atoms with Gasteiger partial charge in [-0.3, -0.25) is 10.1 Å². The number of aromatic nitrogens is 2. The number of carboxylic acid groups (broad SMARTS) is 1. The first-order chi connectivity index (χ1) is 8.04. The van der Waals surface area contributed by atoms with Gasteiger partial charge in [0, 0.05) is 38.6 Å². The Morgan fingerprint density at radius 3 is 2.47 bits per heavy atom. The topological polar surface area (TPSA) is 98.6 Å². The number of nitrogens with one attached hydrogen (secondary N) is 1. The Balaban J connectivity index is 2.55. The second kappa shape index (κ2) is 6.12. The van der Waals surface area contributed by atoms with Crippen LogP contribution in [0.4, 0.5) is 5.95 Å². The third kappa shape index (κ3) is 3.97. The normalized spacial score (nSPS) is 12.2. The second-order valence-corrected chi connectivity index (χ2v) is 3.74. The number of aliphatic carboxylic acids is 1. The van der Waals surface area contributed by atoms with Crippen molar-refractivity contribution in [3.63, 3.8) is 0 Å². The van der Waals surface area contributed by atoms with E-state index in [1.54, 1.807) is 17.3 Å². The lowest BCUT2D eigenvalue weighted by Gasteiger charge is -2.12. The summed E-state index contributed by atoms with van der Waals surface area (Å²) in [6.45, 7) is -0.156. The molecule has 0 unspecified atom stereocenters.